The lowest BCUT2D eigenvalue weighted by Crippen LogP contribution is -2.40. The van der Waals surface area contributed by atoms with E-state index < -0.39 is 5.60 Å². The van der Waals surface area contributed by atoms with Crippen LogP contribution in [0.1, 0.15) is 16.7 Å². The fourth-order valence-corrected chi connectivity index (χ4v) is 3.34. The zero-order valence-electron chi connectivity index (χ0n) is 15.0. The zero-order chi connectivity index (χ0) is 18.9. The van der Waals surface area contributed by atoms with Crippen LogP contribution in [0.2, 0.25) is 0 Å². The first kappa shape index (κ1) is 17.8. The van der Waals surface area contributed by atoms with Gasteiger partial charge in [-0.2, -0.15) is 0 Å². The maximum atomic E-state index is 13.1. The predicted molar refractivity (Wildman–Crippen MR) is 96.0 cm³/mol. The van der Waals surface area contributed by atoms with Gasteiger partial charge >= 0.3 is 0 Å². The number of phenols is 1. The highest BCUT2D eigenvalue weighted by atomic mass is 16.5. The van der Waals surface area contributed by atoms with Gasteiger partial charge in [-0.15, -0.1) is 0 Å². The number of phenolic OH excluding ortho intramolecular Hbond substituents is 1. The Bertz CT molecular complexity index is 861. The summed E-state index contributed by atoms with van der Waals surface area (Å²) in [6.45, 7) is 0. The van der Waals surface area contributed by atoms with E-state index in [2.05, 4.69) is 0 Å². The lowest BCUT2D eigenvalue weighted by atomic mass is 9.76. The first-order valence-corrected chi connectivity index (χ1v) is 7.94. The predicted octanol–water partition coefficient (Wildman–Crippen LogP) is 2.90. The number of rotatable bonds is 5. The second-order valence-corrected chi connectivity index (χ2v) is 5.74. The van der Waals surface area contributed by atoms with Crippen molar-refractivity contribution in [1.82, 2.24) is 0 Å². The largest absolute Gasteiger partial charge is 0.502 e. The number of ketones is 1. The molecule has 26 heavy (non-hydrogen) atoms. The third-order valence-corrected chi connectivity index (χ3v) is 4.58. The van der Waals surface area contributed by atoms with E-state index in [-0.39, 0.29) is 23.0 Å². The van der Waals surface area contributed by atoms with Gasteiger partial charge in [0.15, 0.2) is 22.9 Å². The van der Waals surface area contributed by atoms with Crippen molar-refractivity contribution in [3.05, 3.63) is 53.1 Å². The summed E-state index contributed by atoms with van der Waals surface area (Å²) >= 11 is 0. The monoisotopic (exact) mass is 356 g/mol. The molecule has 6 heteroatoms. The third kappa shape index (κ3) is 2.42. The molecule has 3 rings (SSSR count). The van der Waals surface area contributed by atoms with Gasteiger partial charge in [0.25, 0.3) is 0 Å². The number of benzene rings is 2. The van der Waals surface area contributed by atoms with Crippen LogP contribution >= 0.6 is 0 Å². The third-order valence-electron chi connectivity index (χ3n) is 4.58. The summed E-state index contributed by atoms with van der Waals surface area (Å²) in [5.41, 5.74) is 0.404. The van der Waals surface area contributed by atoms with E-state index in [0.717, 1.165) is 5.56 Å². The first-order chi connectivity index (χ1) is 12.5. The van der Waals surface area contributed by atoms with Crippen LogP contribution < -0.4 is 14.2 Å². The fourth-order valence-electron chi connectivity index (χ4n) is 3.34. The number of carbonyl (C=O) groups is 1. The molecule has 0 radical (unpaired) electrons. The standard InChI is InChI=1S/C20H20O6/c1-23-14-7-5-6-12-8-9-17(21)20(26-4,18(12)14)13-10-15(24-2)19(22)16(11-13)25-3/h5-11,22H,1-4H3/t20-/m0/s1. The second-order valence-electron chi connectivity index (χ2n) is 5.74. The van der Waals surface area contributed by atoms with Gasteiger partial charge in [-0.1, -0.05) is 18.2 Å². The summed E-state index contributed by atoms with van der Waals surface area (Å²) < 4.78 is 21.8. The van der Waals surface area contributed by atoms with Crippen molar-refractivity contribution >= 4 is 11.9 Å². The SMILES string of the molecule is COc1cc([C@]2(OC)C(=O)C=Cc3cccc(OC)c32)cc(OC)c1O. The van der Waals surface area contributed by atoms with Crippen LogP contribution in [0.4, 0.5) is 0 Å². The highest BCUT2D eigenvalue weighted by Gasteiger charge is 2.47. The molecule has 0 saturated heterocycles. The smallest absolute Gasteiger partial charge is 0.200 e. The van der Waals surface area contributed by atoms with Gasteiger partial charge < -0.3 is 24.1 Å². The molecular formula is C20H20O6. The molecule has 1 atom stereocenters. The average Bonchev–Trinajstić information content (AvgIpc) is 2.68. The molecule has 6 nitrogen and oxygen atoms in total. The number of ether oxygens (including phenoxy) is 4. The van der Waals surface area contributed by atoms with E-state index in [0.29, 0.717) is 16.9 Å². The van der Waals surface area contributed by atoms with Crippen molar-refractivity contribution in [1.29, 1.82) is 0 Å². The van der Waals surface area contributed by atoms with Crippen molar-refractivity contribution in [3.8, 4) is 23.0 Å². The van der Waals surface area contributed by atoms with E-state index in [1.54, 1.807) is 24.3 Å². The molecule has 0 unspecified atom stereocenters. The van der Waals surface area contributed by atoms with Crippen LogP contribution in [0, 0.1) is 0 Å². The molecule has 0 bridgehead atoms. The van der Waals surface area contributed by atoms with Crippen LogP contribution in [0.25, 0.3) is 6.08 Å². The quantitative estimate of drug-likeness (QED) is 0.888. The van der Waals surface area contributed by atoms with E-state index in [4.69, 9.17) is 18.9 Å². The van der Waals surface area contributed by atoms with Gasteiger partial charge in [0.2, 0.25) is 5.75 Å². The van der Waals surface area contributed by atoms with E-state index in [1.165, 1.54) is 34.5 Å². The summed E-state index contributed by atoms with van der Waals surface area (Å²) in [6, 6.07) is 8.62. The topological polar surface area (TPSA) is 74.2 Å². The number of hydrogen-bond acceptors (Lipinski definition) is 6. The van der Waals surface area contributed by atoms with Crippen LogP contribution in [0.3, 0.4) is 0 Å². The van der Waals surface area contributed by atoms with Crippen molar-refractivity contribution < 1.29 is 28.8 Å². The molecule has 1 aliphatic carbocycles. The first-order valence-electron chi connectivity index (χ1n) is 7.94. The van der Waals surface area contributed by atoms with Gasteiger partial charge in [-0.25, -0.2) is 0 Å². The minimum atomic E-state index is -1.45. The molecule has 0 saturated carbocycles. The highest BCUT2D eigenvalue weighted by Crippen LogP contribution is 2.48. The van der Waals surface area contributed by atoms with Crippen molar-refractivity contribution in [2.45, 2.75) is 5.60 Å². The van der Waals surface area contributed by atoms with Crippen LogP contribution in [-0.4, -0.2) is 39.3 Å². The van der Waals surface area contributed by atoms with Gasteiger partial charge in [0, 0.05) is 18.2 Å². The van der Waals surface area contributed by atoms with Crippen molar-refractivity contribution in [3.63, 3.8) is 0 Å². The normalized spacial score (nSPS) is 18.4. The van der Waals surface area contributed by atoms with Gasteiger partial charge in [0.05, 0.1) is 21.3 Å². The zero-order valence-corrected chi connectivity index (χ0v) is 15.0. The summed E-state index contributed by atoms with van der Waals surface area (Å²) in [6.07, 6.45) is 3.20. The van der Waals surface area contributed by atoms with Crippen molar-refractivity contribution in [2.75, 3.05) is 28.4 Å². The Labute approximate surface area is 151 Å². The Kier molecular flexibility index (Phi) is 4.61. The van der Waals surface area contributed by atoms with Gasteiger partial charge in [-0.05, 0) is 29.8 Å². The van der Waals surface area contributed by atoms with Crippen LogP contribution in [-0.2, 0) is 15.1 Å². The minimum Gasteiger partial charge on any atom is -0.502 e. The maximum Gasteiger partial charge on any atom is 0.200 e. The number of fused-ring (bicyclic) bond motifs is 1. The molecule has 0 amide bonds. The lowest BCUT2D eigenvalue weighted by molar-refractivity contribution is -0.132. The Morgan fingerprint density at radius 2 is 1.50 bits per heavy atom. The van der Waals surface area contributed by atoms with Gasteiger partial charge in [-0.3, -0.25) is 4.79 Å². The fraction of sp³-hybridized carbons (Fsp3) is 0.250. The number of carbonyl (C=O) groups excluding carboxylic acids is 1. The molecule has 0 aromatic heterocycles. The average molecular weight is 356 g/mol. The number of hydrogen-bond donors (Lipinski definition) is 1. The Balaban J connectivity index is 2.39. The molecule has 0 spiro atoms. The molecule has 1 aliphatic rings. The lowest BCUT2D eigenvalue weighted by Gasteiger charge is -2.35. The Morgan fingerprint density at radius 1 is 0.885 bits per heavy atom. The highest BCUT2D eigenvalue weighted by molar-refractivity contribution is 6.07. The minimum absolute atomic E-state index is 0.149. The summed E-state index contributed by atoms with van der Waals surface area (Å²) in [4.78, 5) is 13.1. The number of methoxy groups -OCH3 is 4. The molecule has 2 aromatic rings. The molecule has 0 heterocycles. The summed E-state index contributed by atoms with van der Waals surface area (Å²) in [7, 11) is 5.85. The van der Waals surface area contributed by atoms with E-state index in [9.17, 15) is 9.90 Å². The van der Waals surface area contributed by atoms with E-state index >= 15 is 0 Å². The molecule has 136 valence electrons. The van der Waals surface area contributed by atoms with Crippen LogP contribution in [0.15, 0.2) is 36.4 Å². The Morgan fingerprint density at radius 3 is 2.04 bits per heavy atom. The molecular weight excluding hydrogens is 336 g/mol. The molecule has 2 aromatic carbocycles. The molecule has 0 fully saturated rings. The molecule has 1 N–H and O–H groups in total. The van der Waals surface area contributed by atoms with E-state index in [1.807, 2.05) is 12.1 Å². The van der Waals surface area contributed by atoms with Crippen LogP contribution in [0.5, 0.6) is 23.0 Å². The molecule has 0 aliphatic heterocycles. The second kappa shape index (κ2) is 6.72. The number of aromatic hydroxyl groups is 1. The summed E-state index contributed by atoms with van der Waals surface area (Å²) in [5.74, 6) is 0.452. The Hall–Kier alpha value is -2.99. The van der Waals surface area contributed by atoms with Gasteiger partial charge in [0.1, 0.15) is 5.75 Å². The van der Waals surface area contributed by atoms with Crippen molar-refractivity contribution in [2.24, 2.45) is 0 Å². The maximum absolute atomic E-state index is 13.1. The summed E-state index contributed by atoms with van der Waals surface area (Å²) in [5, 5.41) is 10.2.